The van der Waals surface area contributed by atoms with Crippen molar-refractivity contribution in [2.24, 2.45) is 0 Å². The zero-order valence-corrected chi connectivity index (χ0v) is 17.1. The van der Waals surface area contributed by atoms with Crippen molar-refractivity contribution in [3.8, 4) is 5.75 Å². The molecule has 0 amide bonds. The first kappa shape index (κ1) is 21.4. The number of aliphatic hydroxyl groups is 1. The van der Waals surface area contributed by atoms with Gasteiger partial charge in [0.1, 0.15) is 17.3 Å². The Hall–Kier alpha value is -3.32. The van der Waals surface area contributed by atoms with E-state index in [2.05, 4.69) is 4.74 Å². The fourth-order valence-corrected chi connectivity index (χ4v) is 3.34. The molecular weight excluding hydrogens is 413 g/mol. The van der Waals surface area contributed by atoms with Crippen molar-refractivity contribution < 1.29 is 28.6 Å². The molecule has 1 aromatic heterocycles. The van der Waals surface area contributed by atoms with Crippen LogP contribution >= 0.6 is 11.6 Å². The molecule has 0 fully saturated rings. The maximum absolute atomic E-state index is 13.4. The molecule has 6 nitrogen and oxygen atoms in total. The van der Waals surface area contributed by atoms with Crippen molar-refractivity contribution in [3.63, 3.8) is 0 Å². The SMILES string of the molecule is CCOC(=O)C(=O)C=C(O)c1cn(Cc2ccc(F)cc2Cl)c2cccc(OC)c12. The zero-order valence-electron chi connectivity index (χ0n) is 16.3. The number of hydrogen-bond donors (Lipinski definition) is 1. The summed E-state index contributed by atoms with van der Waals surface area (Å²) >= 11 is 6.16. The number of halogens is 2. The van der Waals surface area contributed by atoms with Gasteiger partial charge < -0.3 is 19.1 Å². The van der Waals surface area contributed by atoms with Gasteiger partial charge in [0.05, 0.1) is 24.6 Å². The first-order valence-corrected chi connectivity index (χ1v) is 9.45. The second-order valence-electron chi connectivity index (χ2n) is 6.38. The molecule has 0 bridgehead atoms. The molecular formula is C22H19ClFNO5. The summed E-state index contributed by atoms with van der Waals surface area (Å²) in [5.74, 6) is -2.42. The number of ether oxygens (including phenoxy) is 2. The van der Waals surface area contributed by atoms with Crippen molar-refractivity contribution in [1.82, 2.24) is 4.57 Å². The molecule has 0 atom stereocenters. The molecule has 156 valence electrons. The van der Waals surface area contributed by atoms with E-state index in [9.17, 15) is 19.1 Å². The number of nitrogens with zero attached hydrogens (tertiary/aromatic N) is 1. The van der Waals surface area contributed by atoms with E-state index in [0.29, 0.717) is 27.8 Å². The lowest BCUT2D eigenvalue weighted by Gasteiger charge is -2.08. The molecule has 2 aromatic carbocycles. The molecule has 0 aliphatic carbocycles. The summed E-state index contributed by atoms with van der Waals surface area (Å²) in [5.41, 5.74) is 1.64. The lowest BCUT2D eigenvalue weighted by Crippen LogP contribution is -2.15. The van der Waals surface area contributed by atoms with E-state index < -0.39 is 23.3 Å². The number of aromatic nitrogens is 1. The minimum absolute atomic E-state index is 0.0464. The molecule has 0 unspecified atom stereocenters. The van der Waals surface area contributed by atoms with E-state index in [4.69, 9.17) is 16.3 Å². The fourth-order valence-electron chi connectivity index (χ4n) is 3.11. The second-order valence-corrected chi connectivity index (χ2v) is 6.78. The number of rotatable bonds is 7. The van der Waals surface area contributed by atoms with Crippen molar-refractivity contribution >= 4 is 40.0 Å². The molecule has 30 heavy (non-hydrogen) atoms. The van der Waals surface area contributed by atoms with Crippen LogP contribution < -0.4 is 4.74 Å². The van der Waals surface area contributed by atoms with Gasteiger partial charge in [-0.3, -0.25) is 4.79 Å². The summed E-state index contributed by atoms with van der Waals surface area (Å²) in [6.07, 6.45) is 2.42. The van der Waals surface area contributed by atoms with E-state index in [0.717, 1.165) is 6.08 Å². The average molecular weight is 432 g/mol. The third kappa shape index (κ3) is 4.31. The van der Waals surface area contributed by atoms with Crippen molar-refractivity contribution in [3.05, 3.63) is 70.6 Å². The standard InChI is InChI=1S/C22H19ClFNO5/c1-3-30-22(28)19(27)10-18(26)15-12-25(11-13-7-8-14(24)9-16(13)23)17-5-4-6-20(29-2)21(15)17/h4-10,12,26H,3,11H2,1-2H3. The topological polar surface area (TPSA) is 77.8 Å². The van der Waals surface area contributed by atoms with Crippen LogP contribution in [0.15, 0.2) is 48.7 Å². The van der Waals surface area contributed by atoms with Crippen LogP contribution in [0.5, 0.6) is 5.75 Å². The molecule has 0 saturated heterocycles. The molecule has 0 spiro atoms. The van der Waals surface area contributed by atoms with Crippen LogP contribution in [0, 0.1) is 5.82 Å². The smallest absolute Gasteiger partial charge is 0.379 e. The van der Waals surface area contributed by atoms with E-state index in [1.807, 2.05) is 0 Å². The molecule has 0 aliphatic heterocycles. The lowest BCUT2D eigenvalue weighted by molar-refractivity contribution is -0.151. The molecule has 1 heterocycles. The highest BCUT2D eigenvalue weighted by atomic mass is 35.5. The molecule has 0 saturated carbocycles. The van der Waals surface area contributed by atoms with Gasteiger partial charge in [0, 0.05) is 29.4 Å². The van der Waals surface area contributed by atoms with Gasteiger partial charge in [-0.25, -0.2) is 9.18 Å². The molecule has 3 aromatic rings. The number of fused-ring (bicyclic) bond motifs is 1. The van der Waals surface area contributed by atoms with Crippen LogP contribution in [0.1, 0.15) is 18.1 Å². The summed E-state index contributed by atoms with van der Waals surface area (Å²) < 4.78 is 25.2. The number of methoxy groups -OCH3 is 1. The second kappa shape index (κ2) is 9.00. The van der Waals surface area contributed by atoms with E-state index >= 15 is 0 Å². The number of carbonyl (C=O) groups excluding carboxylic acids is 2. The van der Waals surface area contributed by atoms with Gasteiger partial charge in [0.15, 0.2) is 0 Å². The molecule has 0 aliphatic rings. The zero-order chi connectivity index (χ0) is 21.8. The minimum Gasteiger partial charge on any atom is -0.507 e. The van der Waals surface area contributed by atoms with Crippen molar-refractivity contribution in [2.75, 3.05) is 13.7 Å². The van der Waals surface area contributed by atoms with Crippen LogP contribution in [0.3, 0.4) is 0 Å². The van der Waals surface area contributed by atoms with Gasteiger partial charge in [-0.2, -0.15) is 0 Å². The Kier molecular flexibility index (Phi) is 6.42. The third-order valence-electron chi connectivity index (χ3n) is 4.46. The van der Waals surface area contributed by atoms with Crippen LogP contribution in [-0.2, 0) is 20.9 Å². The first-order chi connectivity index (χ1) is 14.3. The van der Waals surface area contributed by atoms with Gasteiger partial charge in [-0.1, -0.05) is 23.7 Å². The number of aliphatic hydroxyl groups excluding tert-OH is 1. The quantitative estimate of drug-likeness (QED) is 0.257. The summed E-state index contributed by atoms with van der Waals surface area (Å²) in [7, 11) is 1.48. The molecule has 0 radical (unpaired) electrons. The number of hydrogen-bond acceptors (Lipinski definition) is 5. The largest absolute Gasteiger partial charge is 0.507 e. The van der Waals surface area contributed by atoms with Crippen LogP contribution in [0.25, 0.3) is 16.7 Å². The predicted octanol–water partition coefficient (Wildman–Crippen LogP) is 4.52. The van der Waals surface area contributed by atoms with Crippen molar-refractivity contribution in [1.29, 1.82) is 0 Å². The van der Waals surface area contributed by atoms with Crippen LogP contribution in [0.2, 0.25) is 5.02 Å². The third-order valence-corrected chi connectivity index (χ3v) is 4.82. The fraction of sp³-hybridized carbons (Fsp3) is 0.182. The Morgan fingerprint density at radius 1 is 1.27 bits per heavy atom. The highest BCUT2D eigenvalue weighted by Gasteiger charge is 2.20. The van der Waals surface area contributed by atoms with Gasteiger partial charge >= 0.3 is 5.97 Å². The first-order valence-electron chi connectivity index (χ1n) is 9.07. The Balaban J connectivity index is 2.10. The molecule has 3 rings (SSSR count). The number of ketones is 1. The highest BCUT2D eigenvalue weighted by Crippen LogP contribution is 2.34. The Bertz CT molecular complexity index is 1150. The molecule has 1 N–H and O–H groups in total. The van der Waals surface area contributed by atoms with Crippen molar-refractivity contribution in [2.45, 2.75) is 13.5 Å². The summed E-state index contributed by atoms with van der Waals surface area (Å²) in [5, 5.41) is 11.4. The van der Waals surface area contributed by atoms with E-state index in [1.165, 1.54) is 19.2 Å². The normalized spacial score (nSPS) is 11.5. The lowest BCUT2D eigenvalue weighted by atomic mass is 10.1. The maximum atomic E-state index is 13.4. The van der Waals surface area contributed by atoms with E-state index in [1.54, 1.807) is 42.0 Å². The Labute approximate surface area is 177 Å². The summed E-state index contributed by atoms with van der Waals surface area (Å²) in [6, 6.07) is 9.39. The van der Waals surface area contributed by atoms with Gasteiger partial charge in [-0.15, -0.1) is 0 Å². The number of benzene rings is 2. The monoisotopic (exact) mass is 431 g/mol. The van der Waals surface area contributed by atoms with E-state index in [-0.39, 0.29) is 18.2 Å². The van der Waals surface area contributed by atoms with Gasteiger partial charge in [0.25, 0.3) is 5.78 Å². The number of esters is 1. The summed E-state index contributed by atoms with van der Waals surface area (Å²) in [6.45, 7) is 1.90. The predicted molar refractivity (Wildman–Crippen MR) is 111 cm³/mol. The minimum atomic E-state index is -1.06. The highest BCUT2D eigenvalue weighted by molar-refractivity contribution is 6.39. The number of carbonyl (C=O) groups is 2. The van der Waals surface area contributed by atoms with Crippen LogP contribution in [0.4, 0.5) is 4.39 Å². The van der Waals surface area contributed by atoms with Gasteiger partial charge in [0.2, 0.25) is 0 Å². The summed E-state index contributed by atoms with van der Waals surface area (Å²) in [4.78, 5) is 23.6. The Morgan fingerprint density at radius 2 is 2.03 bits per heavy atom. The molecule has 8 heteroatoms. The Morgan fingerprint density at radius 3 is 2.70 bits per heavy atom. The van der Waals surface area contributed by atoms with Gasteiger partial charge in [-0.05, 0) is 36.8 Å². The maximum Gasteiger partial charge on any atom is 0.379 e. The average Bonchev–Trinajstić information content (AvgIpc) is 3.09. The van der Waals surface area contributed by atoms with Crippen LogP contribution in [-0.4, -0.2) is 35.1 Å².